The number of pyridine rings is 1. The monoisotopic (exact) mass is 477 g/mol. The maximum atomic E-state index is 13.5. The molecule has 2 rings (SSSR count). The van der Waals surface area contributed by atoms with E-state index < -0.39 is 6.35 Å². The van der Waals surface area contributed by atoms with Crippen LogP contribution in [-0.4, -0.2) is 83.1 Å². The van der Waals surface area contributed by atoms with E-state index in [0.717, 1.165) is 11.3 Å². The molecule has 2 heterocycles. The average molecular weight is 478 g/mol. The summed E-state index contributed by atoms with van der Waals surface area (Å²) in [7, 11) is 3.23. The van der Waals surface area contributed by atoms with E-state index >= 15 is 0 Å². The lowest BCUT2D eigenvalue weighted by Gasteiger charge is -2.30. The zero-order chi connectivity index (χ0) is 24.4. The molecule has 10 heteroatoms. The lowest BCUT2D eigenvalue weighted by molar-refractivity contribution is -0.128. The van der Waals surface area contributed by atoms with Gasteiger partial charge in [-0.25, -0.2) is 0 Å². The number of allylic oxidation sites excluding steroid dienone is 2. The molecule has 0 radical (unpaired) electrons. The van der Waals surface area contributed by atoms with Gasteiger partial charge in [0.1, 0.15) is 17.3 Å². The molecule has 180 valence electrons. The van der Waals surface area contributed by atoms with Crippen LogP contribution < -0.4 is 10.1 Å². The highest BCUT2D eigenvalue weighted by Crippen LogP contribution is 2.27. The van der Waals surface area contributed by atoms with Crippen molar-refractivity contribution in [1.29, 1.82) is 0 Å². The number of likely N-dealkylation sites (N-methyl/N-ethyl adjacent to an activating group) is 1. The number of ether oxygens (including phenoxy) is 1. The summed E-state index contributed by atoms with van der Waals surface area (Å²) in [5, 5.41) is 12.3. The first kappa shape index (κ1) is 26.2. The number of aliphatic hydroxyl groups is 1. The number of nitrogens with one attached hydrogen (secondary N) is 1. The molecule has 0 fully saturated rings. The molecule has 0 aromatic carbocycles. The molecule has 1 atom stereocenters. The van der Waals surface area contributed by atoms with Crippen LogP contribution >= 0.6 is 11.6 Å². The molecule has 1 unspecified atom stereocenters. The van der Waals surface area contributed by atoms with Gasteiger partial charge in [-0.2, -0.15) is 0 Å². The summed E-state index contributed by atoms with van der Waals surface area (Å²) in [6, 6.07) is 3.52. The summed E-state index contributed by atoms with van der Waals surface area (Å²) < 4.78 is 6.19. The maximum absolute atomic E-state index is 13.5. The van der Waals surface area contributed by atoms with Crippen LogP contribution in [0.4, 0.5) is 0 Å². The van der Waals surface area contributed by atoms with Crippen molar-refractivity contribution in [2.45, 2.75) is 26.6 Å². The van der Waals surface area contributed by atoms with Gasteiger partial charge in [0.15, 0.2) is 0 Å². The van der Waals surface area contributed by atoms with E-state index in [1.54, 1.807) is 37.3 Å². The lowest BCUT2D eigenvalue weighted by atomic mass is 10.2. The predicted molar refractivity (Wildman–Crippen MR) is 127 cm³/mol. The quantitative estimate of drug-likeness (QED) is 0.269. The van der Waals surface area contributed by atoms with Crippen molar-refractivity contribution in [3.05, 3.63) is 59.3 Å². The third-order valence-electron chi connectivity index (χ3n) is 5.03. The van der Waals surface area contributed by atoms with Gasteiger partial charge in [-0.05, 0) is 31.9 Å². The van der Waals surface area contributed by atoms with Crippen molar-refractivity contribution in [2.75, 3.05) is 39.7 Å². The second-order valence-electron chi connectivity index (χ2n) is 7.51. The molecule has 1 aromatic rings. The number of aromatic nitrogens is 1. The third-order valence-corrected chi connectivity index (χ3v) is 5.21. The number of hydrogen-bond donors (Lipinski definition) is 2. The molecule has 0 bridgehead atoms. The van der Waals surface area contributed by atoms with Crippen LogP contribution in [0, 0.1) is 6.92 Å². The van der Waals surface area contributed by atoms with E-state index in [-0.39, 0.29) is 12.5 Å². The summed E-state index contributed by atoms with van der Waals surface area (Å²) in [5.74, 6) is 0.960. The number of halogens is 1. The van der Waals surface area contributed by atoms with Gasteiger partial charge < -0.3 is 29.9 Å². The predicted octanol–water partition coefficient (Wildman–Crippen LogP) is 1.80. The van der Waals surface area contributed by atoms with Gasteiger partial charge in [-0.3, -0.25) is 14.6 Å². The first-order valence-electron chi connectivity index (χ1n) is 10.6. The summed E-state index contributed by atoms with van der Waals surface area (Å²) >= 11 is 5.82. The number of amides is 2. The van der Waals surface area contributed by atoms with Gasteiger partial charge >= 0.3 is 0 Å². The minimum Gasteiger partial charge on any atom is -0.452 e. The Morgan fingerprint density at radius 2 is 2.18 bits per heavy atom. The van der Waals surface area contributed by atoms with E-state index in [4.69, 9.17) is 16.3 Å². The van der Waals surface area contributed by atoms with Crippen LogP contribution in [0.5, 0.6) is 5.75 Å². The molecule has 0 spiro atoms. The molecule has 9 nitrogen and oxygen atoms in total. The molecule has 2 amide bonds. The van der Waals surface area contributed by atoms with Gasteiger partial charge in [0.25, 0.3) is 12.3 Å². The number of carbonyl (C=O) groups is 2. The number of hydrogen-bond acceptors (Lipinski definition) is 7. The fourth-order valence-electron chi connectivity index (χ4n) is 3.26. The lowest BCUT2D eigenvalue weighted by Crippen LogP contribution is -2.45. The topological polar surface area (TPSA) is 98.2 Å². The highest BCUT2D eigenvalue weighted by molar-refractivity contribution is 6.18. The van der Waals surface area contributed by atoms with E-state index in [2.05, 4.69) is 10.3 Å². The van der Waals surface area contributed by atoms with E-state index in [9.17, 15) is 14.7 Å². The molecule has 2 N–H and O–H groups in total. The van der Waals surface area contributed by atoms with Crippen LogP contribution in [0.25, 0.3) is 0 Å². The summed E-state index contributed by atoms with van der Waals surface area (Å²) in [6.07, 6.45) is 7.59. The van der Waals surface area contributed by atoms with Crippen LogP contribution in [0.15, 0.2) is 53.6 Å². The van der Waals surface area contributed by atoms with Crippen molar-refractivity contribution in [3.8, 4) is 5.75 Å². The largest absolute Gasteiger partial charge is 0.452 e. The highest BCUT2D eigenvalue weighted by Gasteiger charge is 2.39. The standard InChI is InChI=1S/C23H32ClN5O4/c1-5-18(8-6-10-24)15-29-20(22(32)27(3)12-7-13-30)21(28(4)16-31)26-23(29)33-19-9-11-25-17(2)14-19/h5-6,8-9,11,14,16,23,26,30H,7,10,12-13,15H2,1-4H3/b8-6-,18-5+. The molecule has 0 saturated heterocycles. The first-order chi connectivity index (χ1) is 15.9. The normalized spacial score (nSPS) is 16.2. The fraction of sp³-hybridized carbons (Fsp3) is 0.435. The minimum absolute atomic E-state index is 0.0290. The Bertz CT molecular complexity index is 918. The molecule has 33 heavy (non-hydrogen) atoms. The Labute approximate surface area is 200 Å². The van der Waals surface area contributed by atoms with Crippen LogP contribution in [0.3, 0.4) is 0 Å². The molecule has 0 saturated carbocycles. The Morgan fingerprint density at radius 1 is 1.42 bits per heavy atom. The minimum atomic E-state index is -0.756. The zero-order valence-electron chi connectivity index (χ0n) is 19.5. The first-order valence-corrected chi connectivity index (χ1v) is 11.2. The van der Waals surface area contributed by atoms with Crippen molar-refractivity contribution in [2.24, 2.45) is 0 Å². The van der Waals surface area contributed by atoms with Crippen LogP contribution in [0.2, 0.25) is 0 Å². The van der Waals surface area contributed by atoms with Gasteiger partial charge in [0, 0.05) is 57.6 Å². The Hall–Kier alpha value is -3.04. The van der Waals surface area contributed by atoms with E-state index in [1.165, 1.54) is 9.80 Å². The van der Waals surface area contributed by atoms with Crippen LogP contribution in [-0.2, 0) is 9.59 Å². The average Bonchev–Trinajstić information content (AvgIpc) is 3.16. The maximum Gasteiger partial charge on any atom is 0.273 e. The highest BCUT2D eigenvalue weighted by atomic mass is 35.5. The smallest absolute Gasteiger partial charge is 0.273 e. The number of aliphatic hydroxyl groups excluding tert-OH is 1. The van der Waals surface area contributed by atoms with Gasteiger partial charge in [-0.15, -0.1) is 11.6 Å². The molecule has 1 aliphatic rings. The Kier molecular flexibility index (Phi) is 10.2. The number of rotatable bonds is 12. The van der Waals surface area contributed by atoms with Crippen molar-refractivity contribution in [1.82, 2.24) is 25.0 Å². The van der Waals surface area contributed by atoms with E-state index in [0.29, 0.717) is 49.1 Å². The van der Waals surface area contributed by atoms with Crippen LogP contribution in [0.1, 0.15) is 19.0 Å². The van der Waals surface area contributed by atoms with Crippen molar-refractivity contribution < 1.29 is 19.4 Å². The fourth-order valence-corrected chi connectivity index (χ4v) is 3.35. The van der Waals surface area contributed by atoms with Crippen molar-refractivity contribution >= 4 is 23.9 Å². The molecular weight excluding hydrogens is 446 g/mol. The number of alkyl halides is 1. The molecule has 1 aliphatic heterocycles. The number of nitrogens with zero attached hydrogens (tertiary/aromatic N) is 4. The Balaban J connectivity index is 2.49. The van der Waals surface area contributed by atoms with Gasteiger partial charge in [-0.1, -0.05) is 18.2 Å². The second-order valence-corrected chi connectivity index (χ2v) is 7.82. The van der Waals surface area contributed by atoms with Gasteiger partial charge in [0.2, 0.25) is 6.41 Å². The molecule has 0 aliphatic carbocycles. The zero-order valence-corrected chi connectivity index (χ0v) is 20.2. The molecule has 1 aromatic heterocycles. The summed E-state index contributed by atoms with van der Waals surface area (Å²) in [5.41, 5.74) is 1.99. The van der Waals surface area contributed by atoms with E-state index in [1.807, 2.05) is 32.1 Å². The van der Waals surface area contributed by atoms with Crippen molar-refractivity contribution in [3.63, 3.8) is 0 Å². The SMILES string of the molecule is C/C=C(\C=C/CCl)CN1C(C(=O)N(C)CCCO)=C(N(C)C=O)NC1Oc1ccnc(C)c1. The van der Waals surface area contributed by atoms with Gasteiger partial charge in [0.05, 0.1) is 0 Å². The number of aryl methyl sites for hydroxylation is 1. The summed E-state index contributed by atoms with van der Waals surface area (Å²) in [4.78, 5) is 33.9. The molecular formula is C23H32ClN5O4. The Morgan fingerprint density at radius 3 is 2.79 bits per heavy atom. The second kappa shape index (κ2) is 12.9. The third kappa shape index (κ3) is 6.97. The summed E-state index contributed by atoms with van der Waals surface area (Å²) in [6.45, 7) is 4.42. The number of carbonyl (C=O) groups excluding carboxylic acids is 2.